The molecule has 136 valence electrons. The Morgan fingerprint density at radius 2 is 1.73 bits per heavy atom. The van der Waals surface area contributed by atoms with Crippen molar-refractivity contribution < 1.29 is 8.78 Å². The van der Waals surface area contributed by atoms with E-state index in [4.69, 9.17) is 16.6 Å². The number of nitrogens with one attached hydrogen (secondary N) is 3. The number of aliphatic imine (C=N–C) groups is 1. The number of benzene rings is 2. The molecule has 1 saturated heterocycles. The molecule has 0 radical (unpaired) electrons. The van der Waals surface area contributed by atoms with Crippen molar-refractivity contribution >= 4 is 28.8 Å². The van der Waals surface area contributed by atoms with Crippen LogP contribution in [-0.4, -0.2) is 24.5 Å². The van der Waals surface area contributed by atoms with Gasteiger partial charge in [-0.2, -0.15) is 0 Å². The molecule has 0 bridgehead atoms. The quantitative estimate of drug-likeness (QED) is 0.737. The Morgan fingerprint density at radius 3 is 2.46 bits per heavy atom. The largest absolute Gasteiger partial charge is 0.371 e. The number of rotatable bonds is 2. The van der Waals surface area contributed by atoms with Crippen molar-refractivity contribution in [2.45, 2.75) is 24.9 Å². The van der Waals surface area contributed by atoms with Gasteiger partial charge in [-0.3, -0.25) is 4.99 Å². The van der Waals surface area contributed by atoms with E-state index in [0.29, 0.717) is 22.9 Å². The second-order valence-electron chi connectivity index (χ2n) is 6.65. The SMILES string of the molecule is Fc1cc2c(cc1F)NC1(CCNCC1)C(=NCc1ccccc1Cl)N2. The van der Waals surface area contributed by atoms with Crippen LogP contribution in [0.3, 0.4) is 0 Å². The number of piperidine rings is 1. The van der Waals surface area contributed by atoms with Crippen LogP contribution >= 0.6 is 11.6 Å². The topological polar surface area (TPSA) is 48.5 Å². The fourth-order valence-electron chi connectivity index (χ4n) is 3.51. The molecule has 1 spiro atoms. The van der Waals surface area contributed by atoms with Crippen molar-refractivity contribution in [2.24, 2.45) is 4.99 Å². The molecule has 0 amide bonds. The lowest BCUT2D eigenvalue weighted by Crippen LogP contribution is -2.57. The highest BCUT2D eigenvalue weighted by atomic mass is 35.5. The Morgan fingerprint density at radius 1 is 1.04 bits per heavy atom. The molecule has 7 heteroatoms. The van der Waals surface area contributed by atoms with Crippen LogP contribution in [0.1, 0.15) is 18.4 Å². The molecule has 0 aromatic heterocycles. The molecule has 26 heavy (non-hydrogen) atoms. The van der Waals surface area contributed by atoms with Gasteiger partial charge < -0.3 is 16.0 Å². The van der Waals surface area contributed by atoms with E-state index in [0.717, 1.165) is 43.4 Å². The number of amidine groups is 1. The third kappa shape index (κ3) is 3.15. The Bertz CT molecular complexity index is 863. The predicted molar refractivity (Wildman–Crippen MR) is 101 cm³/mol. The number of fused-ring (bicyclic) bond motifs is 1. The molecule has 2 aliphatic rings. The van der Waals surface area contributed by atoms with E-state index in [9.17, 15) is 8.78 Å². The van der Waals surface area contributed by atoms with Crippen LogP contribution in [0.15, 0.2) is 41.4 Å². The second-order valence-corrected chi connectivity index (χ2v) is 7.06. The molecule has 1 fully saturated rings. The first-order chi connectivity index (χ1) is 12.6. The molecule has 0 aliphatic carbocycles. The van der Waals surface area contributed by atoms with E-state index in [-0.39, 0.29) is 0 Å². The third-order valence-electron chi connectivity index (χ3n) is 4.96. The molecular formula is C19H19ClF2N4. The molecule has 0 unspecified atom stereocenters. The zero-order valence-electron chi connectivity index (χ0n) is 14.1. The van der Waals surface area contributed by atoms with E-state index in [2.05, 4.69) is 16.0 Å². The van der Waals surface area contributed by atoms with Gasteiger partial charge in [-0.05, 0) is 37.6 Å². The molecular weight excluding hydrogens is 358 g/mol. The van der Waals surface area contributed by atoms with Crippen LogP contribution in [0.2, 0.25) is 5.02 Å². The van der Waals surface area contributed by atoms with Crippen molar-refractivity contribution in [1.29, 1.82) is 0 Å². The molecule has 2 aromatic carbocycles. The van der Waals surface area contributed by atoms with E-state index in [1.165, 1.54) is 6.07 Å². The van der Waals surface area contributed by atoms with Gasteiger partial charge in [0.25, 0.3) is 0 Å². The average molecular weight is 377 g/mol. The Kier molecular flexibility index (Phi) is 4.54. The maximum Gasteiger partial charge on any atom is 0.161 e. The number of hydrogen-bond donors (Lipinski definition) is 3. The first-order valence-electron chi connectivity index (χ1n) is 8.61. The standard InChI is InChI=1S/C19H19ClF2N4/c20-13-4-2-1-3-12(13)11-24-18-19(5-7-23-8-6-19)26-17-10-15(22)14(21)9-16(17)25-18/h1-4,9-10,23,26H,5-8,11H2,(H,24,25). The van der Waals surface area contributed by atoms with Gasteiger partial charge in [0.05, 0.1) is 23.5 Å². The fraction of sp³-hybridized carbons (Fsp3) is 0.316. The first kappa shape index (κ1) is 17.2. The predicted octanol–water partition coefficient (Wildman–Crippen LogP) is 4.18. The van der Waals surface area contributed by atoms with E-state index >= 15 is 0 Å². The second kappa shape index (κ2) is 6.85. The number of hydrogen-bond acceptors (Lipinski definition) is 3. The van der Waals surface area contributed by atoms with E-state index < -0.39 is 17.2 Å². The monoisotopic (exact) mass is 376 g/mol. The maximum atomic E-state index is 13.7. The summed E-state index contributed by atoms with van der Waals surface area (Å²) in [5.41, 5.74) is 1.54. The summed E-state index contributed by atoms with van der Waals surface area (Å²) in [6.45, 7) is 2.05. The summed E-state index contributed by atoms with van der Waals surface area (Å²) in [6.07, 6.45) is 1.58. The minimum absolute atomic E-state index is 0.415. The van der Waals surface area contributed by atoms with Gasteiger partial charge in [0, 0.05) is 17.2 Å². The van der Waals surface area contributed by atoms with Crippen LogP contribution in [0.5, 0.6) is 0 Å². The van der Waals surface area contributed by atoms with Crippen LogP contribution in [0.25, 0.3) is 0 Å². The van der Waals surface area contributed by atoms with Crippen molar-refractivity contribution in [3.8, 4) is 0 Å². The molecule has 2 aromatic rings. The van der Waals surface area contributed by atoms with Crippen molar-refractivity contribution in [3.05, 3.63) is 58.6 Å². The van der Waals surface area contributed by atoms with Crippen molar-refractivity contribution in [2.75, 3.05) is 23.7 Å². The minimum atomic E-state index is -0.884. The molecule has 0 atom stereocenters. The zero-order valence-corrected chi connectivity index (χ0v) is 14.8. The van der Waals surface area contributed by atoms with E-state index in [1.807, 2.05) is 24.3 Å². The average Bonchev–Trinajstić information content (AvgIpc) is 2.64. The van der Waals surface area contributed by atoms with Gasteiger partial charge in [-0.15, -0.1) is 0 Å². The Balaban J connectivity index is 1.71. The van der Waals surface area contributed by atoms with Gasteiger partial charge in [0.15, 0.2) is 11.6 Å². The summed E-state index contributed by atoms with van der Waals surface area (Å²) in [5.74, 6) is -1.01. The van der Waals surface area contributed by atoms with Gasteiger partial charge in [-0.1, -0.05) is 29.8 Å². The van der Waals surface area contributed by atoms with E-state index in [1.54, 1.807) is 0 Å². The normalized spacial score (nSPS) is 19.7. The minimum Gasteiger partial charge on any atom is -0.371 e. The van der Waals surface area contributed by atoms with Crippen LogP contribution < -0.4 is 16.0 Å². The molecule has 2 aliphatic heterocycles. The molecule has 4 rings (SSSR count). The van der Waals surface area contributed by atoms with Gasteiger partial charge >= 0.3 is 0 Å². The Hall–Kier alpha value is -2.18. The number of anilines is 2. The van der Waals surface area contributed by atoms with Crippen LogP contribution in [0, 0.1) is 11.6 Å². The van der Waals surface area contributed by atoms with Crippen LogP contribution in [0.4, 0.5) is 20.2 Å². The van der Waals surface area contributed by atoms with Gasteiger partial charge in [0.2, 0.25) is 0 Å². The highest BCUT2D eigenvalue weighted by Gasteiger charge is 2.41. The summed E-state index contributed by atoms with van der Waals surface area (Å²) in [5, 5.41) is 10.6. The smallest absolute Gasteiger partial charge is 0.161 e. The van der Waals surface area contributed by atoms with Crippen LogP contribution in [-0.2, 0) is 6.54 Å². The summed E-state index contributed by atoms with van der Waals surface area (Å²) in [6, 6.07) is 9.92. The molecule has 2 heterocycles. The first-order valence-corrected chi connectivity index (χ1v) is 8.98. The Labute approximate surface area is 155 Å². The van der Waals surface area contributed by atoms with Crippen molar-refractivity contribution in [3.63, 3.8) is 0 Å². The number of nitrogens with zero attached hydrogens (tertiary/aromatic N) is 1. The maximum absolute atomic E-state index is 13.7. The zero-order chi connectivity index (χ0) is 18.1. The fourth-order valence-corrected chi connectivity index (χ4v) is 3.71. The summed E-state index contributed by atoms with van der Waals surface area (Å²) in [7, 11) is 0. The van der Waals surface area contributed by atoms with Gasteiger partial charge in [0.1, 0.15) is 5.84 Å². The lowest BCUT2D eigenvalue weighted by molar-refractivity contribution is 0.418. The molecule has 3 N–H and O–H groups in total. The lowest BCUT2D eigenvalue weighted by Gasteiger charge is -2.44. The molecule has 4 nitrogen and oxygen atoms in total. The molecule has 0 saturated carbocycles. The van der Waals surface area contributed by atoms with Crippen molar-refractivity contribution in [1.82, 2.24) is 5.32 Å². The van der Waals surface area contributed by atoms with Gasteiger partial charge in [-0.25, -0.2) is 8.78 Å². The summed E-state index contributed by atoms with van der Waals surface area (Å²) >= 11 is 6.23. The lowest BCUT2D eigenvalue weighted by atomic mass is 9.84. The third-order valence-corrected chi connectivity index (χ3v) is 5.33. The summed E-state index contributed by atoms with van der Waals surface area (Å²) < 4.78 is 27.3. The highest BCUT2D eigenvalue weighted by molar-refractivity contribution is 6.31. The highest BCUT2D eigenvalue weighted by Crippen LogP contribution is 2.37. The summed E-state index contributed by atoms with van der Waals surface area (Å²) in [4.78, 5) is 4.76. The number of halogens is 3.